The van der Waals surface area contributed by atoms with Gasteiger partial charge in [-0.05, 0) is 30.6 Å². The van der Waals surface area contributed by atoms with E-state index in [4.69, 9.17) is 4.74 Å². The Morgan fingerprint density at radius 3 is 2.17 bits per heavy atom. The van der Waals surface area contributed by atoms with Crippen LogP contribution in [0.1, 0.15) is 0 Å². The Balaban J connectivity index is 2.71. The van der Waals surface area contributed by atoms with E-state index in [1.54, 1.807) is 12.1 Å². The van der Waals surface area contributed by atoms with E-state index in [0.29, 0.717) is 5.75 Å². The molecule has 0 aliphatic rings. The van der Waals surface area contributed by atoms with Crippen molar-refractivity contribution in [3.8, 4) is 5.75 Å². The average Bonchev–Trinajstić information content (AvgIpc) is 1.91. The van der Waals surface area contributed by atoms with Crippen LogP contribution < -0.4 is 10.2 Å². The molecule has 12 heavy (non-hydrogen) atoms. The van der Waals surface area contributed by atoms with Gasteiger partial charge in [-0.15, -0.1) is 0 Å². The molecule has 5 heteroatoms. The predicted octanol–water partition coefficient (Wildman–Crippen LogP) is 0.655. The lowest BCUT2D eigenvalue weighted by Crippen LogP contribution is -2.13. The molecule has 0 heterocycles. The number of rotatable bonds is 2. The summed E-state index contributed by atoms with van der Waals surface area (Å²) in [6.45, 7) is 0. The van der Waals surface area contributed by atoms with E-state index in [2.05, 4.69) is 0 Å². The van der Waals surface area contributed by atoms with E-state index in [1.165, 1.54) is 0 Å². The minimum Gasteiger partial charge on any atom is -0.452 e. The van der Waals surface area contributed by atoms with Gasteiger partial charge >= 0.3 is 0 Å². The largest absolute Gasteiger partial charge is 0.452 e. The van der Waals surface area contributed by atoms with E-state index in [1.807, 2.05) is 38.5 Å². The van der Waals surface area contributed by atoms with Crippen molar-refractivity contribution in [3.05, 3.63) is 24.3 Å². The predicted molar refractivity (Wildman–Crippen MR) is 58.5 cm³/mol. The molecule has 2 atom stereocenters. The van der Waals surface area contributed by atoms with Crippen molar-refractivity contribution in [1.29, 1.82) is 0 Å². The van der Waals surface area contributed by atoms with Crippen LogP contribution >= 0.6 is 18.5 Å². The molecule has 2 unspecified atom stereocenters. The fourth-order valence-corrected chi connectivity index (χ4v) is 1.06. The maximum absolute atomic E-state index is 12.9. The van der Waals surface area contributed by atoms with Gasteiger partial charge in [0.1, 0.15) is 13.6 Å². The molecule has 0 spiro atoms. The monoisotopic (exact) mass is 202 g/mol. The first kappa shape index (κ1) is 9.96. The third kappa shape index (κ3) is 3.52. The van der Waals surface area contributed by atoms with Gasteiger partial charge in [-0.25, -0.2) is 0 Å². The molecule has 0 bridgehead atoms. The second-order valence-corrected chi connectivity index (χ2v) is 4.85. The highest BCUT2D eigenvalue weighted by Gasteiger charge is 2.16. The first-order chi connectivity index (χ1) is 5.47. The summed E-state index contributed by atoms with van der Waals surface area (Å²) in [5, 5.41) is -1.77. The Morgan fingerprint density at radius 1 is 1.25 bits per heavy atom. The van der Waals surface area contributed by atoms with E-state index in [0.717, 1.165) is 5.46 Å². The number of alkyl halides is 1. The SMILES string of the molecule is Bc1ccc(OC(F)(P)P)cc1. The lowest BCUT2D eigenvalue weighted by Gasteiger charge is -2.16. The molecule has 1 nitrogen and oxygen atoms in total. The number of ether oxygens (including phenoxy) is 1. The van der Waals surface area contributed by atoms with Crippen molar-refractivity contribution < 1.29 is 9.13 Å². The van der Waals surface area contributed by atoms with Crippen LogP contribution in [0.3, 0.4) is 0 Å². The second kappa shape index (κ2) is 3.72. The van der Waals surface area contributed by atoms with Crippen LogP contribution in [0.2, 0.25) is 0 Å². The smallest absolute Gasteiger partial charge is 0.270 e. The Bertz CT molecular complexity index is 257. The van der Waals surface area contributed by atoms with Crippen molar-refractivity contribution in [3.63, 3.8) is 0 Å². The lowest BCUT2D eigenvalue weighted by atomic mass is 9.97. The Morgan fingerprint density at radius 2 is 1.75 bits per heavy atom. The maximum Gasteiger partial charge on any atom is 0.270 e. The molecule has 0 aliphatic heterocycles. The summed E-state index contributed by atoms with van der Waals surface area (Å²) in [4.78, 5) is 0. The second-order valence-electron chi connectivity index (χ2n) is 2.61. The molecular formula is C7H10BFOP2. The molecule has 1 aromatic rings. The summed E-state index contributed by atoms with van der Waals surface area (Å²) in [6, 6.07) is 7.21. The van der Waals surface area contributed by atoms with Crippen molar-refractivity contribution in [2.75, 3.05) is 0 Å². The minimum absolute atomic E-state index is 0.521. The third-order valence-corrected chi connectivity index (χ3v) is 1.53. The van der Waals surface area contributed by atoms with Crippen LogP contribution in [-0.2, 0) is 0 Å². The molecule has 64 valence electrons. The Hall–Kier alpha value is -0.125. The van der Waals surface area contributed by atoms with Crippen LogP contribution in [0.25, 0.3) is 0 Å². The zero-order valence-corrected chi connectivity index (χ0v) is 9.06. The zero-order valence-electron chi connectivity index (χ0n) is 6.75. The normalized spacial score (nSPS) is 11.2. The number of halogens is 1. The fourth-order valence-electron chi connectivity index (χ4n) is 0.787. The average molecular weight is 202 g/mol. The standard InChI is InChI=1S/C7H10BFOP2/c8-5-1-3-6(4-2-5)10-7(9,11)12/h1-4H,8,11-12H2. The molecule has 0 N–H and O–H groups in total. The Labute approximate surface area is 76.9 Å². The minimum atomic E-state index is -1.77. The highest BCUT2D eigenvalue weighted by atomic mass is 31.1. The quantitative estimate of drug-likeness (QED) is 0.505. The molecule has 0 amide bonds. The van der Waals surface area contributed by atoms with E-state index < -0.39 is 5.34 Å². The Kier molecular flexibility index (Phi) is 3.09. The molecule has 1 rings (SSSR count). The van der Waals surface area contributed by atoms with Crippen molar-refractivity contribution in [2.45, 2.75) is 5.34 Å². The molecule has 0 aromatic heterocycles. The number of benzene rings is 1. The van der Waals surface area contributed by atoms with Gasteiger partial charge < -0.3 is 4.74 Å². The molecule has 1 aromatic carbocycles. The lowest BCUT2D eigenvalue weighted by molar-refractivity contribution is 0.117. The van der Waals surface area contributed by atoms with Crippen LogP contribution in [0.4, 0.5) is 4.39 Å². The fraction of sp³-hybridized carbons (Fsp3) is 0.143. The van der Waals surface area contributed by atoms with E-state index in [9.17, 15) is 4.39 Å². The molecule has 0 fully saturated rings. The van der Waals surface area contributed by atoms with E-state index in [-0.39, 0.29) is 0 Å². The number of hydrogen-bond donors (Lipinski definition) is 0. The van der Waals surface area contributed by atoms with Crippen LogP contribution in [0.15, 0.2) is 24.3 Å². The van der Waals surface area contributed by atoms with Gasteiger partial charge in [-0.2, -0.15) is 4.39 Å². The van der Waals surface area contributed by atoms with Gasteiger partial charge in [-0.3, -0.25) is 0 Å². The summed E-state index contributed by atoms with van der Waals surface area (Å²) in [5.74, 6) is 0.521. The van der Waals surface area contributed by atoms with E-state index >= 15 is 0 Å². The molecule has 0 saturated heterocycles. The summed E-state index contributed by atoms with van der Waals surface area (Å²) < 4.78 is 17.8. The molecule has 0 radical (unpaired) electrons. The first-order valence-electron chi connectivity index (χ1n) is 3.50. The van der Waals surface area contributed by atoms with Crippen molar-refractivity contribution in [1.82, 2.24) is 0 Å². The molecular weight excluding hydrogens is 192 g/mol. The van der Waals surface area contributed by atoms with Gasteiger partial charge in [0.05, 0.1) is 0 Å². The summed E-state index contributed by atoms with van der Waals surface area (Å²) in [6.07, 6.45) is 0. The molecule has 0 aliphatic carbocycles. The van der Waals surface area contributed by atoms with Gasteiger partial charge in [0, 0.05) is 0 Å². The van der Waals surface area contributed by atoms with Crippen LogP contribution in [-0.4, -0.2) is 13.2 Å². The topological polar surface area (TPSA) is 9.23 Å². The summed E-state index contributed by atoms with van der Waals surface area (Å²) in [7, 11) is 5.87. The van der Waals surface area contributed by atoms with Gasteiger partial charge in [-0.1, -0.05) is 17.6 Å². The van der Waals surface area contributed by atoms with Gasteiger partial charge in [0.25, 0.3) is 5.34 Å². The molecule has 0 saturated carbocycles. The van der Waals surface area contributed by atoms with Crippen LogP contribution in [0.5, 0.6) is 5.75 Å². The maximum atomic E-state index is 12.9. The van der Waals surface area contributed by atoms with Gasteiger partial charge in [0.15, 0.2) is 0 Å². The summed E-state index contributed by atoms with van der Waals surface area (Å²) in [5.41, 5.74) is 1.12. The van der Waals surface area contributed by atoms with Crippen molar-refractivity contribution >= 4 is 31.8 Å². The van der Waals surface area contributed by atoms with Gasteiger partial charge in [0.2, 0.25) is 0 Å². The number of hydrogen-bond acceptors (Lipinski definition) is 1. The first-order valence-corrected chi connectivity index (χ1v) is 4.65. The highest BCUT2D eigenvalue weighted by Crippen LogP contribution is 2.31. The third-order valence-electron chi connectivity index (χ3n) is 1.30. The van der Waals surface area contributed by atoms with Crippen molar-refractivity contribution in [2.24, 2.45) is 0 Å². The van der Waals surface area contributed by atoms with Crippen LogP contribution in [0, 0.1) is 0 Å². The summed E-state index contributed by atoms with van der Waals surface area (Å²) >= 11 is 0. The zero-order chi connectivity index (χ0) is 9.19. The highest BCUT2D eigenvalue weighted by molar-refractivity contribution is 7.38.